The van der Waals surface area contributed by atoms with Crippen LogP contribution in [-0.2, 0) is 26.0 Å². The van der Waals surface area contributed by atoms with Gasteiger partial charge >= 0.3 is 0 Å². The van der Waals surface area contributed by atoms with Gasteiger partial charge in [0.2, 0.25) is 21.8 Å². The number of halogens is 1. The van der Waals surface area contributed by atoms with Crippen molar-refractivity contribution in [2.24, 2.45) is 17.6 Å². The summed E-state index contributed by atoms with van der Waals surface area (Å²) in [5, 5.41) is 11.7. The molecule has 0 saturated heterocycles. The summed E-state index contributed by atoms with van der Waals surface area (Å²) in [6, 6.07) is 16.7. The third-order valence-corrected chi connectivity index (χ3v) is 10.5. The number of hydrogen-bond acceptors (Lipinski definition) is 6. The summed E-state index contributed by atoms with van der Waals surface area (Å²) in [7, 11) is -0.598. The van der Waals surface area contributed by atoms with E-state index in [1.807, 2.05) is 31.2 Å². The molecular weight excluding hydrogens is 628 g/mol. The molecule has 11 nitrogen and oxygen atoms in total. The molecule has 0 aliphatic heterocycles. The molecule has 1 aliphatic rings. The van der Waals surface area contributed by atoms with Gasteiger partial charge < -0.3 is 16.4 Å². The van der Waals surface area contributed by atoms with Crippen molar-refractivity contribution in [3.05, 3.63) is 82.1 Å². The van der Waals surface area contributed by atoms with Crippen LogP contribution < -0.4 is 21.9 Å². The molecular formula is C33H41ClN6O5S. The number of aryl methyl sites for hydroxylation is 1. The Labute approximate surface area is 274 Å². The number of H-pyrrole nitrogens is 2. The second-order valence-corrected chi connectivity index (χ2v) is 14.2. The summed E-state index contributed by atoms with van der Waals surface area (Å²) in [4.78, 5) is 39.1. The zero-order valence-electron chi connectivity index (χ0n) is 26.1. The van der Waals surface area contributed by atoms with Crippen LogP contribution in [0.2, 0.25) is 0 Å². The summed E-state index contributed by atoms with van der Waals surface area (Å²) in [6.45, 7) is 2.54. The van der Waals surface area contributed by atoms with Gasteiger partial charge in [-0.2, -0.15) is 0 Å². The number of fused-ring (bicyclic) bond motifs is 1. The van der Waals surface area contributed by atoms with Gasteiger partial charge in [-0.1, -0.05) is 30.3 Å². The number of rotatable bonds is 10. The molecule has 0 unspecified atom stereocenters. The summed E-state index contributed by atoms with van der Waals surface area (Å²) >= 11 is 0. The molecule has 1 heterocycles. The quantitative estimate of drug-likeness (QED) is 0.171. The van der Waals surface area contributed by atoms with Crippen molar-refractivity contribution in [2.75, 3.05) is 26.0 Å². The van der Waals surface area contributed by atoms with Crippen LogP contribution in [0, 0.1) is 18.8 Å². The van der Waals surface area contributed by atoms with Crippen LogP contribution in [0.4, 0.5) is 5.69 Å². The number of benzene rings is 3. The number of hydrogen-bond donors (Lipinski definition) is 5. The Balaban J connectivity index is 0.00000480. The van der Waals surface area contributed by atoms with Crippen LogP contribution in [0.5, 0.6) is 0 Å². The summed E-state index contributed by atoms with van der Waals surface area (Å²) in [5.74, 6) is -0.283. The fourth-order valence-corrected chi connectivity index (χ4v) is 6.77. The molecule has 1 aromatic heterocycles. The van der Waals surface area contributed by atoms with Crippen LogP contribution in [0.25, 0.3) is 22.0 Å². The van der Waals surface area contributed by atoms with Crippen molar-refractivity contribution in [3.8, 4) is 11.1 Å². The van der Waals surface area contributed by atoms with E-state index in [1.54, 1.807) is 36.4 Å². The van der Waals surface area contributed by atoms with Gasteiger partial charge in [0.15, 0.2) is 0 Å². The summed E-state index contributed by atoms with van der Waals surface area (Å²) in [6.07, 6.45) is 3.48. The lowest BCUT2D eigenvalue weighted by molar-refractivity contribution is -0.130. The highest BCUT2D eigenvalue weighted by Gasteiger charge is 2.29. The van der Waals surface area contributed by atoms with Crippen LogP contribution in [0.3, 0.4) is 0 Å². The van der Waals surface area contributed by atoms with E-state index in [0.717, 1.165) is 47.9 Å². The van der Waals surface area contributed by atoms with Crippen molar-refractivity contribution < 1.29 is 18.0 Å². The van der Waals surface area contributed by atoms with Crippen molar-refractivity contribution >= 4 is 50.8 Å². The first kappa shape index (κ1) is 34.9. The van der Waals surface area contributed by atoms with Crippen LogP contribution in [0.15, 0.2) is 70.4 Å². The lowest BCUT2D eigenvalue weighted by atomic mass is 9.81. The molecule has 0 spiro atoms. The van der Waals surface area contributed by atoms with Crippen LogP contribution in [-0.4, -0.2) is 61.4 Å². The fraction of sp³-hybridized carbons (Fsp3) is 0.364. The minimum atomic E-state index is -3.60. The van der Waals surface area contributed by atoms with E-state index < -0.39 is 16.1 Å². The van der Waals surface area contributed by atoms with E-state index in [0.29, 0.717) is 29.1 Å². The third-order valence-electron chi connectivity index (χ3n) is 8.72. The van der Waals surface area contributed by atoms with E-state index in [2.05, 4.69) is 20.8 Å². The molecule has 13 heteroatoms. The highest BCUT2D eigenvalue weighted by molar-refractivity contribution is 7.89. The Hall–Kier alpha value is -3.97. The Kier molecular flexibility index (Phi) is 11.1. The molecule has 4 aromatic rings. The first-order chi connectivity index (χ1) is 21.5. The van der Waals surface area contributed by atoms with Crippen molar-refractivity contribution in [2.45, 2.75) is 50.0 Å². The number of nitrogens with zero attached hydrogens (tertiary/aromatic N) is 1. The molecule has 1 atom stereocenters. The summed E-state index contributed by atoms with van der Waals surface area (Å²) < 4.78 is 26.6. The minimum absolute atomic E-state index is 0. The molecule has 3 aromatic carbocycles. The van der Waals surface area contributed by atoms with E-state index in [4.69, 9.17) is 5.73 Å². The molecule has 1 fully saturated rings. The average Bonchev–Trinajstić information content (AvgIpc) is 3.40. The van der Waals surface area contributed by atoms with E-state index in [-0.39, 0.29) is 47.0 Å². The molecule has 0 radical (unpaired) electrons. The largest absolute Gasteiger partial charge is 0.344 e. The van der Waals surface area contributed by atoms with Gasteiger partial charge in [0.05, 0.1) is 15.8 Å². The molecule has 246 valence electrons. The number of carbonyl (C=O) groups excluding carboxylic acids is 2. The molecule has 1 aliphatic carbocycles. The van der Waals surface area contributed by atoms with Gasteiger partial charge in [-0.15, -0.1) is 12.4 Å². The zero-order valence-corrected chi connectivity index (χ0v) is 27.8. The van der Waals surface area contributed by atoms with E-state index in [1.165, 1.54) is 18.4 Å². The number of amides is 2. The van der Waals surface area contributed by atoms with Crippen LogP contribution in [0.1, 0.15) is 36.8 Å². The van der Waals surface area contributed by atoms with Gasteiger partial charge in [0, 0.05) is 32.1 Å². The predicted molar refractivity (Wildman–Crippen MR) is 182 cm³/mol. The average molecular weight is 669 g/mol. The number of aromatic nitrogens is 2. The van der Waals surface area contributed by atoms with E-state index >= 15 is 0 Å². The number of nitrogens with one attached hydrogen (secondary N) is 4. The predicted octanol–water partition coefficient (Wildman–Crippen LogP) is 3.93. The molecule has 2 amide bonds. The van der Waals surface area contributed by atoms with Gasteiger partial charge in [0.25, 0.3) is 5.56 Å². The number of aromatic amines is 2. The van der Waals surface area contributed by atoms with Crippen molar-refractivity contribution in [3.63, 3.8) is 0 Å². The van der Waals surface area contributed by atoms with Gasteiger partial charge in [0.1, 0.15) is 6.04 Å². The van der Waals surface area contributed by atoms with E-state index in [9.17, 15) is 22.8 Å². The SMILES string of the molecule is Cc1ccc(S(=O)(=O)N(C)C)cc1-c1ccc(C[C@H](NC(=O)[C@H]2CC[C@H](CN)CC2)C(=O)Nc2ccc3c(=O)[nH][nH]c3c2)cc1.Cl. The number of sulfonamides is 1. The first-order valence-corrected chi connectivity index (χ1v) is 16.5. The highest BCUT2D eigenvalue weighted by atomic mass is 35.5. The van der Waals surface area contributed by atoms with Gasteiger partial charge in [-0.25, -0.2) is 12.7 Å². The van der Waals surface area contributed by atoms with Gasteiger partial charge in [-0.3, -0.25) is 24.6 Å². The minimum Gasteiger partial charge on any atom is -0.344 e. The first-order valence-electron chi connectivity index (χ1n) is 15.1. The highest BCUT2D eigenvalue weighted by Crippen LogP contribution is 2.30. The Morgan fingerprint density at radius 1 is 0.978 bits per heavy atom. The zero-order chi connectivity index (χ0) is 32.3. The third kappa shape index (κ3) is 7.69. The van der Waals surface area contributed by atoms with Crippen LogP contribution >= 0.6 is 12.4 Å². The molecule has 6 N–H and O–H groups in total. The lowest BCUT2D eigenvalue weighted by Crippen LogP contribution is -2.48. The molecule has 1 saturated carbocycles. The fourth-order valence-electron chi connectivity index (χ4n) is 5.84. The standard InChI is InChI=1S/C33H40N6O5S.ClH/c1-20-4-14-26(45(43,44)39(2)3)18-28(20)23-9-5-21(6-10-23)16-30(36-31(40)24-11-7-22(19-34)8-12-24)33(42)35-25-13-15-27-29(17-25)37-38-32(27)41;/h4-6,9-10,13-15,17-18,22,24,30H,7-8,11-12,16,19,34H2,1-3H3,(H,35,42)(H,36,40)(H2,37,38,41);1H/t22-,24-,30-;/m0./s1. The Bertz CT molecular complexity index is 1860. The second-order valence-electron chi connectivity index (χ2n) is 12.0. The second kappa shape index (κ2) is 14.6. The maximum absolute atomic E-state index is 13.6. The van der Waals surface area contributed by atoms with Crippen molar-refractivity contribution in [1.82, 2.24) is 19.8 Å². The molecule has 46 heavy (non-hydrogen) atoms. The topological polar surface area (TPSA) is 170 Å². The Morgan fingerprint density at radius 3 is 2.33 bits per heavy atom. The van der Waals surface area contributed by atoms with Gasteiger partial charge in [-0.05, 0) is 97.7 Å². The number of nitrogens with two attached hydrogens (primary N) is 1. The lowest BCUT2D eigenvalue weighted by Gasteiger charge is -2.28. The van der Waals surface area contributed by atoms with Crippen molar-refractivity contribution in [1.29, 1.82) is 0 Å². The number of carbonyl (C=O) groups is 2. The smallest absolute Gasteiger partial charge is 0.271 e. The number of anilines is 1. The maximum atomic E-state index is 13.6. The maximum Gasteiger partial charge on any atom is 0.271 e. The molecule has 5 rings (SSSR count). The Morgan fingerprint density at radius 2 is 1.67 bits per heavy atom. The monoisotopic (exact) mass is 668 g/mol. The summed E-state index contributed by atoms with van der Waals surface area (Å²) in [5.41, 5.74) is 10.0. The molecule has 0 bridgehead atoms. The normalized spacial score (nSPS) is 17.3.